The first-order valence-electron chi connectivity index (χ1n) is 8.86. The maximum Gasteiger partial charge on any atom is 0.265 e. The molecule has 3 aromatic carbocycles. The van der Waals surface area contributed by atoms with Crippen LogP contribution in [0.15, 0.2) is 65.6 Å². The minimum Gasteiger partial charge on any atom is -0.495 e. The van der Waals surface area contributed by atoms with Crippen LogP contribution in [0.3, 0.4) is 0 Å². The van der Waals surface area contributed by atoms with Crippen molar-refractivity contribution in [2.75, 3.05) is 23.3 Å². The van der Waals surface area contributed by atoms with E-state index in [0.717, 1.165) is 10.4 Å². The largest absolute Gasteiger partial charge is 0.495 e. The van der Waals surface area contributed by atoms with Crippen LogP contribution in [-0.4, -0.2) is 28.0 Å². The molecule has 0 aliphatic carbocycles. The molecule has 0 spiro atoms. The minimum absolute atomic E-state index is 0.0104. The highest BCUT2D eigenvalue weighted by atomic mass is 35.5. The predicted molar refractivity (Wildman–Crippen MR) is 113 cm³/mol. The van der Waals surface area contributed by atoms with E-state index in [1.165, 1.54) is 31.4 Å². The summed E-state index contributed by atoms with van der Waals surface area (Å²) >= 11 is 5.98. The zero-order chi connectivity index (χ0) is 21.5. The molecule has 0 saturated carbocycles. The molecule has 0 saturated heterocycles. The van der Waals surface area contributed by atoms with Gasteiger partial charge in [0.05, 0.1) is 23.4 Å². The lowest BCUT2D eigenvalue weighted by Gasteiger charge is -2.31. The number of fused-ring (bicyclic) bond motifs is 3. The van der Waals surface area contributed by atoms with Gasteiger partial charge in [-0.15, -0.1) is 0 Å². The van der Waals surface area contributed by atoms with Crippen molar-refractivity contribution in [3.05, 3.63) is 71.5 Å². The number of carbonyl (C=O) groups excluding carboxylic acids is 1. The van der Waals surface area contributed by atoms with Gasteiger partial charge < -0.3 is 10.1 Å². The highest BCUT2D eigenvalue weighted by Crippen LogP contribution is 2.43. The van der Waals surface area contributed by atoms with E-state index in [1.54, 1.807) is 30.3 Å². The number of rotatable bonds is 4. The molecule has 6 nitrogen and oxygen atoms in total. The molecule has 1 amide bonds. The van der Waals surface area contributed by atoms with Crippen molar-refractivity contribution in [1.29, 1.82) is 0 Å². The van der Waals surface area contributed by atoms with Crippen molar-refractivity contribution in [2.45, 2.75) is 4.90 Å². The van der Waals surface area contributed by atoms with Crippen molar-refractivity contribution < 1.29 is 22.3 Å². The number of benzene rings is 3. The first kappa shape index (κ1) is 20.2. The van der Waals surface area contributed by atoms with Crippen LogP contribution in [0.5, 0.6) is 5.75 Å². The number of hydrogen-bond donors (Lipinski definition) is 1. The Morgan fingerprint density at radius 2 is 1.87 bits per heavy atom. The van der Waals surface area contributed by atoms with E-state index in [-0.39, 0.29) is 10.6 Å². The Labute approximate surface area is 177 Å². The van der Waals surface area contributed by atoms with Crippen LogP contribution >= 0.6 is 11.6 Å². The third-order valence-corrected chi connectivity index (χ3v) is 6.75. The zero-order valence-electron chi connectivity index (χ0n) is 15.7. The van der Waals surface area contributed by atoms with Crippen LogP contribution in [0.1, 0.15) is 0 Å². The summed E-state index contributed by atoms with van der Waals surface area (Å²) in [5.41, 5.74) is 1.32. The van der Waals surface area contributed by atoms with Gasteiger partial charge in [0.2, 0.25) is 5.91 Å². The Hall–Kier alpha value is -3.10. The second-order valence-electron chi connectivity index (χ2n) is 6.56. The molecule has 9 heteroatoms. The fourth-order valence-corrected chi connectivity index (χ4v) is 5.19. The molecule has 1 heterocycles. The Balaban J connectivity index is 1.73. The SMILES string of the molecule is COc1ccc(Cl)cc1NC(=O)CN1c2ccc(F)cc2-c2ccccc2S1(=O)=O. The highest BCUT2D eigenvalue weighted by molar-refractivity contribution is 7.93. The maximum absolute atomic E-state index is 13.9. The standard InChI is InChI=1S/C21H16ClFN2O4S/c1-29-19-9-6-13(22)10-17(19)24-21(26)12-25-18-8-7-14(23)11-16(18)15-4-2-3-5-20(15)30(25,27)28/h2-11H,12H2,1H3,(H,24,26). The van der Waals surface area contributed by atoms with Gasteiger partial charge >= 0.3 is 0 Å². The van der Waals surface area contributed by atoms with E-state index in [9.17, 15) is 17.6 Å². The van der Waals surface area contributed by atoms with Crippen LogP contribution in [0, 0.1) is 5.82 Å². The number of hydrogen-bond acceptors (Lipinski definition) is 4. The van der Waals surface area contributed by atoms with Gasteiger partial charge in [-0.1, -0.05) is 29.8 Å². The molecular formula is C21H16ClFN2O4S. The van der Waals surface area contributed by atoms with Crippen molar-refractivity contribution in [1.82, 2.24) is 0 Å². The molecule has 1 aliphatic heterocycles. The highest BCUT2D eigenvalue weighted by Gasteiger charge is 2.36. The lowest BCUT2D eigenvalue weighted by atomic mass is 10.0. The first-order chi connectivity index (χ1) is 14.3. The summed E-state index contributed by atoms with van der Waals surface area (Å²) in [5.74, 6) is -0.730. The number of amides is 1. The normalized spacial score (nSPS) is 13.9. The number of carbonyl (C=O) groups is 1. The minimum atomic E-state index is -4.03. The molecule has 0 unspecified atom stereocenters. The van der Waals surface area contributed by atoms with E-state index in [0.29, 0.717) is 27.6 Å². The van der Waals surface area contributed by atoms with Crippen molar-refractivity contribution in [3.8, 4) is 16.9 Å². The van der Waals surface area contributed by atoms with Gasteiger partial charge in [-0.3, -0.25) is 9.10 Å². The van der Waals surface area contributed by atoms with E-state index in [1.807, 2.05) is 0 Å². The number of sulfonamides is 1. The zero-order valence-corrected chi connectivity index (χ0v) is 17.3. The fraction of sp³-hybridized carbons (Fsp3) is 0.0952. The Morgan fingerprint density at radius 1 is 1.10 bits per heavy atom. The van der Waals surface area contributed by atoms with Crippen LogP contribution in [0.4, 0.5) is 15.8 Å². The average molecular weight is 447 g/mol. The van der Waals surface area contributed by atoms with E-state index in [4.69, 9.17) is 16.3 Å². The van der Waals surface area contributed by atoms with E-state index in [2.05, 4.69) is 5.32 Å². The molecule has 0 aromatic heterocycles. The molecule has 0 atom stereocenters. The number of ether oxygens (including phenoxy) is 1. The second-order valence-corrected chi connectivity index (χ2v) is 8.83. The summed E-state index contributed by atoms with van der Waals surface area (Å²) in [7, 11) is -2.59. The van der Waals surface area contributed by atoms with Crippen LogP contribution in [0.25, 0.3) is 11.1 Å². The topological polar surface area (TPSA) is 75.7 Å². The molecule has 0 radical (unpaired) electrons. The Bertz CT molecular complexity index is 1260. The van der Waals surface area contributed by atoms with E-state index >= 15 is 0 Å². The van der Waals surface area contributed by atoms with Crippen LogP contribution in [-0.2, 0) is 14.8 Å². The first-order valence-corrected chi connectivity index (χ1v) is 10.7. The maximum atomic E-state index is 13.9. The summed E-state index contributed by atoms with van der Waals surface area (Å²) < 4.78 is 46.5. The van der Waals surface area contributed by atoms with Gasteiger partial charge in [-0.25, -0.2) is 12.8 Å². The average Bonchev–Trinajstić information content (AvgIpc) is 2.71. The number of halogens is 2. The van der Waals surface area contributed by atoms with Crippen molar-refractivity contribution in [3.63, 3.8) is 0 Å². The smallest absolute Gasteiger partial charge is 0.265 e. The quantitative estimate of drug-likeness (QED) is 0.648. The number of methoxy groups -OCH3 is 1. The van der Waals surface area contributed by atoms with Gasteiger partial charge in [-0.05, 0) is 42.5 Å². The summed E-state index contributed by atoms with van der Waals surface area (Å²) in [5, 5.41) is 3.01. The van der Waals surface area contributed by atoms with Crippen LogP contribution in [0.2, 0.25) is 5.02 Å². The number of nitrogens with one attached hydrogen (secondary N) is 1. The fourth-order valence-electron chi connectivity index (χ4n) is 3.37. The van der Waals surface area contributed by atoms with Gasteiger partial charge in [0.25, 0.3) is 10.0 Å². The number of nitrogens with zero attached hydrogens (tertiary/aromatic N) is 1. The lowest BCUT2D eigenvalue weighted by molar-refractivity contribution is -0.114. The molecule has 30 heavy (non-hydrogen) atoms. The molecule has 0 bridgehead atoms. The summed E-state index contributed by atoms with van der Waals surface area (Å²) in [4.78, 5) is 12.8. The molecule has 3 aromatic rings. The molecule has 4 rings (SSSR count). The third-order valence-electron chi connectivity index (χ3n) is 4.70. The van der Waals surface area contributed by atoms with E-state index < -0.39 is 28.3 Å². The summed E-state index contributed by atoms with van der Waals surface area (Å²) in [6.45, 7) is -0.509. The van der Waals surface area contributed by atoms with Gasteiger partial charge in [0.1, 0.15) is 18.1 Å². The second kappa shape index (κ2) is 7.62. The molecular weight excluding hydrogens is 431 g/mol. The van der Waals surface area contributed by atoms with Gasteiger partial charge in [0, 0.05) is 16.1 Å². The van der Waals surface area contributed by atoms with Gasteiger partial charge in [-0.2, -0.15) is 0 Å². The molecule has 154 valence electrons. The number of anilines is 2. The molecule has 1 aliphatic rings. The molecule has 0 fully saturated rings. The Kier molecular flexibility index (Phi) is 5.13. The molecule has 1 N–H and O–H groups in total. The summed E-state index contributed by atoms with van der Waals surface area (Å²) in [6, 6.07) is 14.8. The summed E-state index contributed by atoms with van der Waals surface area (Å²) in [6.07, 6.45) is 0. The van der Waals surface area contributed by atoms with Crippen molar-refractivity contribution >= 4 is 38.9 Å². The van der Waals surface area contributed by atoms with Gasteiger partial charge in [0.15, 0.2) is 0 Å². The monoisotopic (exact) mass is 446 g/mol. The third kappa shape index (κ3) is 3.48. The van der Waals surface area contributed by atoms with Crippen molar-refractivity contribution in [2.24, 2.45) is 0 Å². The van der Waals surface area contributed by atoms with Crippen LogP contribution < -0.4 is 14.4 Å². The Morgan fingerprint density at radius 3 is 2.63 bits per heavy atom. The predicted octanol–water partition coefficient (Wildman–Crippen LogP) is 4.30. The lowest BCUT2D eigenvalue weighted by Crippen LogP contribution is -2.40.